The summed E-state index contributed by atoms with van der Waals surface area (Å²) in [6.45, 7) is 7.10. The van der Waals surface area contributed by atoms with Crippen LogP contribution in [0.15, 0.2) is 4.52 Å². The summed E-state index contributed by atoms with van der Waals surface area (Å²) in [5.41, 5.74) is 5.41. The fourth-order valence-corrected chi connectivity index (χ4v) is 3.02. The van der Waals surface area contributed by atoms with Crippen molar-refractivity contribution >= 4 is 0 Å². The Morgan fingerprint density at radius 3 is 2.45 bits per heavy atom. The van der Waals surface area contributed by atoms with Gasteiger partial charge in [0.2, 0.25) is 11.7 Å². The van der Waals surface area contributed by atoms with Crippen molar-refractivity contribution in [3.05, 3.63) is 11.7 Å². The highest BCUT2D eigenvalue weighted by atomic mass is 16.5. The van der Waals surface area contributed by atoms with Crippen LogP contribution in [0.2, 0.25) is 0 Å². The summed E-state index contributed by atoms with van der Waals surface area (Å²) in [5, 5.41) is 4.14. The largest absolute Gasteiger partial charge is 0.368 e. The van der Waals surface area contributed by atoms with Crippen LogP contribution in [0, 0.1) is 0 Å². The highest BCUT2D eigenvalue weighted by Gasteiger charge is 2.38. The maximum absolute atomic E-state index is 6.06. The lowest BCUT2D eigenvalue weighted by molar-refractivity contribution is -0.0221. The molecule has 1 fully saturated rings. The predicted octanol–water partition coefficient (Wildman–Crippen LogP) is 2.89. The van der Waals surface area contributed by atoms with Gasteiger partial charge in [-0.05, 0) is 33.6 Å². The fourth-order valence-electron chi connectivity index (χ4n) is 3.02. The summed E-state index contributed by atoms with van der Waals surface area (Å²) in [4.78, 5) is 4.63. The van der Waals surface area contributed by atoms with E-state index in [2.05, 4.69) is 10.1 Å². The maximum atomic E-state index is 6.06. The Labute approximate surface area is 121 Å². The van der Waals surface area contributed by atoms with Crippen molar-refractivity contribution in [3.63, 3.8) is 0 Å². The van der Waals surface area contributed by atoms with Gasteiger partial charge in [-0.15, -0.1) is 0 Å². The van der Waals surface area contributed by atoms with Crippen LogP contribution in [-0.4, -0.2) is 23.3 Å². The molecule has 5 nitrogen and oxygen atoms in total. The zero-order valence-corrected chi connectivity index (χ0v) is 12.9. The molecular weight excluding hydrogens is 254 g/mol. The van der Waals surface area contributed by atoms with Crippen LogP contribution in [0.4, 0.5) is 0 Å². The second kappa shape index (κ2) is 6.22. The molecule has 0 unspecified atom stereocenters. The summed E-state index contributed by atoms with van der Waals surface area (Å²) in [5.74, 6) is 1.32. The molecule has 1 aromatic heterocycles. The monoisotopic (exact) mass is 281 g/mol. The third-order valence-corrected chi connectivity index (χ3v) is 4.37. The molecule has 0 aromatic carbocycles. The standard InChI is InChI=1S/C15H27N3O2/c1-4-19-14(2,3)12-17-13(20-18-12)15(11-16)9-7-5-6-8-10-15/h4-11,16H2,1-3H3. The normalized spacial score (nSPS) is 19.8. The average Bonchev–Trinajstić information content (AvgIpc) is 2.80. The van der Waals surface area contributed by atoms with Crippen LogP contribution in [0.3, 0.4) is 0 Å². The van der Waals surface area contributed by atoms with Gasteiger partial charge in [-0.25, -0.2) is 0 Å². The van der Waals surface area contributed by atoms with Crippen LogP contribution in [0.5, 0.6) is 0 Å². The lowest BCUT2D eigenvalue weighted by atomic mass is 9.80. The van der Waals surface area contributed by atoms with E-state index in [4.69, 9.17) is 15.0 Å². The molecule has 1 aliphatic rings. The number of hydrogen-bond acceptors (Lipinski definition) is 5. The van der Waals surface area contributed by atoms with Crippen LogP contribution < -0.4 is 5.73 Å². The third-order valence-electron chi connectivity index (χ3n) is 4.37. The number of ether oxygens (including phenoxy) is 1. The molecule has 0 amide bonds. The summed E-state index contributed by atoms with van der Waals surface area (Å²) < 4.78 is 11.3. The Balaban J connectivity index is 2.25. The van der Waals surface area contributed by atoms with Gasteiger partial charge in [0.25, 0.3) is 0 Å². The summed E-state index contributed by atoms with van der Waals surface area (Å²) >= 11 is 0. The van der Waals surface area contributed by atoms with E-state index in [0.29, 0.717) is 24.9 Å². The van der Waals surface area contributed by atoms with E-state index in [0.717, 1.165) is 12.8 Å². The Hall–Kier alpha value is -0.940. The Morgan fingerprint density at radius 1 is 1.25 bits per heavy atom. The van der Waals surface area contributed by atoms with Gasteiger partial charge in [0.15, 0.2) is 0 Å². The highest BCUT2D eigenvalue weighted by molar-refractivity contribution is 5.09. The minimum atomic E-state index is -0.517. The molecule has 1 aliphatic carbocycles. The van der Waals surface area contributed by atoms with Gasteiger partial charge in [0, 0.05) is 13.2 Å². The van der Waals surface area contributed by atoms with Gasteiger partial charge in [0.05, 0.1) is 5.41 Å². The zero-order chi connectivity index (χ0) is 14.6. The van der Waals surface area contributed by atoms with E-state index >= 15 is 0 Å². The van der Waals surface area contributed by atoms with Gasteiger partial charge in [0.1, 0.15) is 5.60 Å². The second-order valence-corrected chi connectivity index (χ2v) is 6.27. The Bertz CT molecular complexity index is 421. The van der Waals surface area contributed by atoms with Crippen molar-refractivity contribution in [2.24, 2.45) is 5.73 Å². The van der Waals surface area contributed by atoms with Gasteiger partial charge in [-0.2, -0.15) is 4.98 Å². The molecule has 0 saturated heterocycles. The average molecular weight is 281 g/mol. The van der Waals surface area contributed by atoms with Crippen molar-refractivity contribution < 1.29 is 9.26 Å². The lowest BCUT2D eigenvalue weighted by Crippen LogP contribution is -2.35. The molecule has 5 heteroatoms. The van der Waals surface area contributed by atoms with Gasteiger partial charge >= 0.3 is 0 Å². The topological polar surface area (TPSA) is 74.2 Å². The van der Waals surface area contributed by atoms with Gasteiger partial charge in [-0.3, -0.25) is 0 Å². The molecule has 0 bridgehead atoms. The summed E-state index contributed by atoms with van der Waals surface area (Å²) in [6, 6.07) is 0. The fraction of sp³-hybridized carbons (Fsp3) is 0.867. The first-order valence-electron chi connectivity index (χ1n) is 7.73. The minimum absolute atomic E-state index is 0.135. The quantitative estimate of drug-likeness (QED) is 0.840. The molecular formula is C15H27N3O2. The number of rotatable bonds is 5. The Kier molecular flexibility index (Phi) is 4.81. The molecule has 1 aromatic rings. The molecule has 20 heavy (non-hydrogen) atoms. The molecule has 2 rings (SSSR count). The second-order valence-electron chi connectivity index (χ2n) is 6.27. The minimum Gasteiger partial charge on any atom is -0.368 e. The molecule has 1 heterocycles. The SMILES string of the molecule is CCOC(C)(C)c1noc(C2(CN)CCCCCC2)n1. The van der Waals surface area contributed by atoms with Gasteiger partial charge in [-0.1, -0.05) is 30.8 Å². The summed E-state index contributed by atoms with van der Waals surface area (Å²) in [6.07, 6.45) is 6.99. The molecule has 114 valence electrons. The first-order valence-corrected chi connectivity index (χ1v) is 7.73. The van der Waals surface area contributed by atoms with Crippen molar-refractivity contribution in [3.8, 4) is 0 Å². The molecule has 2 N–H and O–H groups in total. The number of nitrogens with two attached hydrogens (primary N) is 1. The molecule has 0 radical (unpaired) electrons. The van der Waals surface area contributed by atoms with Crippen molar-refractivity contribution in [2.75, 3.05) is 13.2 Å². The first-order chi connectivity index (χ1) is 9.54. The number of hydrogen-bond donors (Lipinski definition) is 1. The van der Waals surface area contributed by atoms with E-state index in [1.54, 1.807) is 0 Å². The zero-order valence-electron chi connectivity index (χ0n) is 12.9. The molecule has 0 spiro atoms. The number of nitrogens with zero attached hydrogens (tertiary/aromatic N) is 2. The predicted molar refractivity (Wildman–Crippen MR) is 77.4 cm³/mol. The van der Waals surface area contributed by atoms with Crippen molar-refractivity contribution in [2.45, 2.75) is 70.3 Å². The Morgan fingerprint density at radius 2 is 1.90 bits per heavy atom. The molecule has 1 saturated carbocycles. The van der Waals surface area contributed by atoms with Crippen molar-refractivity contribution in [1.29, 1.82) is 0 Å². The van der Waals surface area contributed by atoms with Crippen LogP contribution in [-0.2, 0) is 15.8 Å². The first kappa shape index (κ1) is 15.4. The van der Waals surface area contributed by atoms with E-state index in [1.807, 2.05) is 20.8 Å². The number of aromatic nitrogens is 2. The molecule has 0 atom stereocenters. The smallest absolute Gasteiger partial charge is 0.234 e. The summed E-state index contributed by atoms with van der Waals surface area (Å²) in [7, 11) is 0. The van der Waals surface area contributed by atoms with Gasteiger partial charge < -0.3 is 15.0 Å². The van der Waals surface area contributed by atoms with E-state index in [9.17, 15) is 0 Å². The highest BCUT2D eigenvalue weighted by Crippen LogP contribution is 2.37. The maximum Gasteiger partial charge on any atom is 0.234 e. The van der Waals surface area contributed by atoms with Crippen LogP contribution in [0.25, 0.3) is 0 Å². The molecule has 0 aliphatic heterocycles. The lowest BCUT2D eigenvalue weighted by Gasteiger charge is -2.27. The van der Waals surface area contributed by atoms with E-state index in [-0.39, 0.29) is 5.41 Å². The van der Waals surface area contributed by atoms with Crippen molar-refractivity contribution in [1.82, 2.24) is 10.1 Å². The van der Waals surface area contributed by atoms with Crippen LogP contribution >= 0.6 is 0 Å². The third kappa shape index (κ3) is 3.04. The van der Waals surface area contributed by atoms with Crippen LogP contribution in [0.1, 0.15) is 71.0 Å². The van der Waals surface area contributed by atoms with E-state index < -0.39 is 5.60 Å². The van der Waals surface area contributed by atoms with E-state index in [1.165, 1.54) is 25.7 Å².